The molecule has 10 rings (SSSR count). The van der Waals surface area contributed by atoms with Crippen LogP contribution in [0.5, 0.6) is 23.0 Å². The van der Waals surface area contributed by atoms with Gasteiger partial charge in [-0.25, -0.2) is 0 Å². The summed E-state index contributed by atoms with van der Waals surface area (Å²) >= 11 is 0. The predicted molar refractivity (Wildman–Crippen MR) is 281 cm³/mol. The first-order valence-electron chi connectivity index (χ1n) is 23.2. The van der Waals surface area contributed by atoms with Crippen LogP contribution in [0.3, 0.4) is 0 Å². The van der Waals surface area contributed by atoms with Crippen molar-refractivity contribution in [2.75, 3.05) is 0 Å². The van der Waals surface area contributed by atoms with Crippen LogP contribution in [0, 0.1) is 0 Å². The van der Waals surface area contributed by atoms with Gasteiger partial charge >= 0.3 is 16.8 Å². The van der Waals surface area contributed by atoms with Crippen molar-refractivity contribution in [1.29, 1.82) is 0 Å². The van der Waals surface area contributed by atoms with Gasteiger partial charge in [0.15, 0.2) is 0 Å². The fraction of sp³-hybridized carbons (Fsp3) is 0.267. The first-order valence-corrected chi connectivity index (χ1v) is 25.5. The quantitative estimate of drug-likeness (QED) is 0.161. The molecule has 2 atom stereocenters. The second kappa shape index (κ2) is 16.0. The molecule has 2 aliphatic heterocycles. The predicted octanol–water partition coefficient (Wildman–Crippen LogP) is 17.0. The molecule has 0 amide bonds. The Bertz CT molecular complexity index is 2990. The maximum absolute atomic E-state index is 7.75. The summed E-state index contributed by atoms with van der Waals surface area (Å²) in [7, 11) is -3.29. The minimum absolute atomic E-state index is 0.0667. The van der Waals surface area contributed by atoms with Crippen LogP contribution in [0.1, 0.15) is 105 Å². The summed E-state index contributed by atoms with van der Waals surface area (Å²) in [6, 6.07) is 52.5. The van der Waals surface area contributed by atoms with Gasteiger partial charge in [-0.3, -0.25) is 0 Å². The lowest BCUT2D eigenvalue weighted by Crippen LogP contribution is -2.21. The largest absolute Gasteiger partial charge is 0.435 e. The highest BCUT2D eigenvalue weighted by Gasteiger charge is 2.38. The van der Waals surface area contributed by atoms with Crippen LogP contribution < -0.4 is 28.7 Å². The van der Waals surface area contributed by atoms with Gasteiger partial charge in [0.2, 0.25) is 0 Å². The Morgan fingerprint density at radius 3 is 1.08 bits per heavy atom. The number of hydrogen-bond donors (Lipinski definition) is 0. The molecule has 8 aromatic rings. The molecule has 0 saturated carbocycles. The summed E-state index contributed by atoms with van der Waals surface area (Å²) in [5.74, 6) is 3.26. The molecule has 0 spiro atoms. The van der Waals surface area contributed by atoms with Crippen LogP contribution in [0.4, 0.5) is 0 Å². The molecule has 2 aliphatic rings. The van der Waals surface area contributed by atoms with E-state index in [2.05, 4.69) is 217 Å². The van der Waals surface area contributed by atoms with Gasteiger partial charge in [-0.2, -0.15) is 0 Å². The van der Waals surface area contributed by atoms with Gasteiger partial charge in [0, 0.05) is 33.4 Å². The Morgan fingerprint density at radius 1 is 0.364 bits per heavy atom. The zero-order valence-electron chi connectivity index (χ0n) is 40.4. The molecule has 0 aliphatic carbocycles. The van der Waals surface area contributed by atoms with Crippen molar-refractivity contribution in [2.45, 2.75) is 105 Å². The normalized spacial score (nSPS) is 15.8. The van der Waals surface area contributed by atoms with Gasteiger partial charge in [-0.05, 0) is 102 Å². The van der Waals surface area contributed by atoms with E-state index in [9.17, 15) is 0 Å². The molecular formula is C60H60O4P2. The van der Waals surface area contributed by atoms with Crippen LogP contribution in [-0.4, -0.2) is 0 Å². The van der Waals surface area contributed by atoms with Crippen molar-refractivity contribution in [3.05, 3.63) is 168 Å². The Balaban J connectivity index is 1.34. The fourth-order valence-electron chi connectivity index (χ4n) is 9.35. The Labute approximate surface area is 394 Å². The van der Waals surface area contributed by atoms with E-state index in [4.69, 9.17) is 18.1 Å². The minimum atomic E-state index is -1.65. The van der Waals surface area contributed by atoms with E-state index in [1.807, 2.05) is 12.1 Å². The SMILES string of the molecule is CC(C)(C)c1ccc2c(-c3c(OP4Oc5ccccc5-c5ccccc54)c(C(C)(C)C)cc4cc(C(C)(C)C)ccc34)c(OP3Oc4ccccc4-c4ccccc43)c(C(C)(C)C)cc2c1. The zero-order chi connectivity index (χ0) is 46.5. The highest BCUT2D eigenvalue weighted by molar-refractivity contribution is 7.57. The summed E-state index contributed by atoms with van der Waals surface area (Å²) in [4.78, 5) is 0. The zero-order valence-corrected chi connectivity index (χ0v) is 42.2. The maximum Gasteiger partial charge on any atom is 0.326 e. The molecule has 0 N–H and O–H groups in total. The molecule has 4 nitrogen and oxygen atoms in total. The molecule has 66 heavy (non-hydrogen) atoms. The van der Waals surface area contributed by atoms with Crippen molar-refractivity contribution >= 4 is 48.9 Å². The average Bonchev–Trinajstić information content (AvgIpc) is 3.27. The standard InChI is InChI=1S/C60H60O4P2/c1-57(2,3)39-29-31-41-37(33-39)35-47(59(7,8)9)55(63-65-51-27-19-15-23-45(51)43-21-13-17-25-49(43)61-65)53(41)54-42-32-30-40(58(4,5)6)34-38(42)36-48(60(10,11)12)56(54)64-66-52-28-20-16-24-46(52)44-22-14-18-26-50(44)62-66/h13-36H,1-12H3. The average molecular weight is 907 g/mol. The molecule has 0 saturated heterocycles. The van der Waals surface area contributed by atoms with Crippen LogP contribution in [0.25, 0.3) is 54.9 Å². The van der Waals surface area contributed by atoms with E-state index in [1.165, 1.54) is 11.1 Å². The molecule has 6 heteroatoms. The third-order valence-electron chi connectivity index (χ3n) is 13.0. The highest BCUT2D eigenvalue weighted by atomic mass is 31.2. The van der Waals surface area contributed by atoms with Crippen molar-refractivity contribution in [2.24, 2.45) is 0 Å². The molecule has 8 aromatic carbocycles. The van der Waals surface area contributed by atoms with Crippen molar-refractivity contribution in [1.82, 2.24) is 0 Å². The van der Waals surface area contributed by atoms with Gasteiger partial charge in [0.05, 0.1) is 10.6 Å². The number of rotatable bonds is 5. The van der Waals surface area contributed by atoms with E-state index in [0.717, 1.165) is 99.7 Å². The third-order valence-corrected chi connectivity index (χ3v) is 16.0. The number of para-hydroxylation sites is 2. The van der Waals surface area contributed by atoms with Crippen LogP contribution >= 0.6 is 16.8 Å². The second-order valence-electron chi connectivity index (χ2n) is 22.0. The lowest BCUT2D eigenvalue weighted by Gasteiger charge is -2.34. The van der Waals surface area contributed by atoms with Crippen molar-refractivity contribution in [3.63, 3.8) is 0 Å². The Morgan fingerprint density at radius 2 is 0.712 bits per heavy atom. The topological polar surface area (TPSA) is 36.9 Å². The second-order valence-corrected chi connectivity index (χ2v) is 24.8. The first kappa shape index (κ1) is 44.2. The van der Waals surface area contributed by atoms with Gasteiger partial charge in [-0.1, -0.05) is 192 Å². The minimum Gasteiger partial charge on any atom is -0.435 e. The summed E-state index contributed by atoms with van der Waals surface area (Å²) in [5, 5.41) is 6.59. The van der Waals surface area contributed by atoms with Crippen molar-refractivity contribution < 1.29 is 18.1 Å². The summed E-state index contributed by atoms with van der Waals surface area (Å²) < 4.78 is 29.6. The first-order chi connectivity index (χ1) is 31.3. The summed E-state index contributed by atoms with van der Waals surface area (Å²) in [5.41, 5.74) is 10.3. The molecule has 334 valence electrons. The fourth-order valence-corrected chi connectivity index (χ4v) is 12.4. The van der Waals surface area contributed by atoms with Gasteiger partial charge < -0.3 is 18.1 Å². The van der Waals surface area contributed by atoms with Gasteiger partial charge in [0.1, 0.15) is 23.0 Å². The van der Waals surface area contributed by atoms with E-state index in [0.29, 0.717) is 0 Å². The third kappa shape index (κ3) is 7.85. The van der Waals surface area contributed by atoms with Crippen LogP contribution in [0.2, 0.25) is 0 Å². The molecular weight excluding hydrogens is 847 g/mol. The molecule has 0 radical (unpaired) electrons. The van der Waals surface area contributed by atoms with E-state index < -0.39 is 16.8 Å². The monoisotopic (exact) mass is 906 g/mol. The molecule has 2 heterocycles. The Hall–Kier alpha value is -5.66. The molecule has 2 unspecified atom stereocenters. The number of benzene rings is 8. The summed E-state index contributed by atoms with van der Waals surface area (Å²) in [6.07, 6.45) is 0. The van der Waals surface area contributed by atoms with Crippen LogP contribution in [0.15, 0.2) is 146 Å². The Kier molecular flexibility index (Phi) is 10.7. The van der Waals surface area contributed by atoms with Gasteiger partial charge in [0.25, 0.3) is 0 Å². The highest BCUT2D eigenvalue weighted by Crippen LogP contribution is 2.60. The molecule has 0 bridgehead atoms. The number of fused-ring (bicyclic) bond motifs is 8. The smallest absolute Gasteiger partial charge is 0.326 e. The van der Waals surface area contributed by atoms with E-state index in [1.54, 1.807) is 0 Å². The maximum atomic E-state index is 7.75. The molecule has 0 fully saturated rings. The van der Waals surface area contributed by atoms with Crippen molar-refractivity contribution in [3.8, 4) is 56.4 Å². The molecule has 0 aromatic heterocycles. The number of hydrogen-bond acceptors (Lipinski definition) is 4. The lowest BCUT2D eigenvalue weighted by atomic mass is 9.77. The van der Waals surface area contributed by atoms with Crippen LogP contribution in [-0.2, 0) is 21.7 Å². The van der Waals surface area contributed by atoms with Gasteiger partial charge in [-0.15, -0.1) is 0 Å². The van der Waals surface area contributed by atoms with E-state index in [-0.39, 0.29) is 21.7 Å². The van der Waals surface area contributed by atoms with E-state index >= 15 is 0 Å². The summed E-state index contributed by atoms with van der Waals surface area (Å²) in [6.45, 7) is 27.5. The lowest BCUT2D eigenvalue weighted by molar-refractivity contribution is 0.477.